The number of carbonyl (C=O) groups is 1. The van der Waals surface area contributed by atoms with Gasteiger partial charge >= 0.3 is 0 Å². The fourth-order valence-corrected chi connectivity index (χ4v) is 2.63. The highest BCUT2D eigenvalue weighted by Crippen LogP contribution is 2.39. The number of nitrogens with one attached hydrogen (secondary N) is 1. The average molecular weight is 389 g/mol. The Hall–Kier alpha value is -2.91. The predicted octanol–water partition coefficient (Wildman–Crippen LogP) is 4.66. The third kappa shape index (κ3) is 5.05. The van der Waals surface area contributed by atoms with E-state index in [2.05, 4.69) is 5.32 Å². The molecule has 7 heteroatoms. The average Bonchev–Trinajstić information content (AvgIpc) is 2.64. The van der Waals surface area contributed by atoms with Gasteiger partial charge in [0.2, 0.25) is 5.75 Å². The number of halogens is 1. The molecule has 0 saturated heterocycles. The second-order valence-electron chi connectivity index (χ2n) is 5.36. The predicted molar refractivity (Wildman–Crippen MR) is 104 cm³/mol. The second kappa shape index (κ2) is 9.70. The summed E-state index contributed by atoms with van der Waals surface area (Å²) in [6.45, 7) is 6.84. The zero-order valence-electron chi connectivity index (χ0n) is 15.5. The molecule has 1 N–H and O–H groups in total. The van der Waals surface area contributed by atoms with Crippen LogP contribution in [0.2, 0.25) is 5.02 Å². The first-order valence-electron chi connectivity index (χ1n) is 8.61. The van der Waals surface area contributed by atoms with Gasteiger partial charge in [0.25, 0.3) is 5.91 Å². The van der Waals surface area contributed by atoms with E-state index in [0.29, 0.717) is 53.9 Å². The first-order valence-corrected chi connectivity index (χ1v) is 8.99. The Balaban J connectivity index is 2.36. The van der Waals surface area contributed by atoms with E-state index in [9.17, 15) is 4.79 Å². The quantitative estimate of drug-likeness (QED) is 0.711. The molecule has 2 aromatic carbocycles. The van der Waals surface area contributed by atoms with E-state index < -0.39 is 0 Å². The molecule has 0 bridgehead atoms. The summed E-state index contributed by atoms with van der Waals surface area (Å²) in [5.74, 6) is 0.988. The minimum atomic E-state index is -0.360. The number of amides is 1. The largest absolute Gasteiger partial charge is 0.490 e. The molecule has 0 aliphatic heterocycles. The SMILES string of the molecule is CCOc1cc(C(=O)Nc2ccc(C#N)c(Cl)c2)cc(OCC)c1OCC. The Bertz CT molecular complexity index is 835. The first-order chi connectivity index (χ1) is 13.0. The Morgan fingerprint density at radius 3 is 2.11 bits per heavy atom. The van der Waals surface area contributed by atoms with Gasteiger partial charge < -0.3 is 19.5 Å². The summed E-state index contributed by atoms with van der Waals surface area (Å²) in [6.07, 6.45) is 0. The highest BCUT2D eigenvalue weighted by atomic mass is 35.5. The maximum Gasteiger partial charge on any atom is 0.255 e. The van der Waals surface area contributed by atoms with Gasteiger partial charge in [-0.1, -0.05) is 11.6 Å². The summed E-state index contributed by atoms with van der Waals surface area (Å²) < 4.78 is 16.9. The van der Waals surface area contributed by atoms with Crippen LogP contribution in [0.3, 0.4) is 0 Å². The van der Waals surface area contributed by atoms with Crippen molar-refractivity contribution < 1.29 is 19.0 Å². The van der Waals surface area contributed by atoms with Crippen molar-refractivity contribution in [2.75, 3.05) is 25.1 Å². The molecule has 0 aliphatic carbocycles. The van der Waals surface area contributed by atoms with Crippen LogP contribution in [-0.4, -0.2) is 25.7 Å². The molecule has 6 nitrogen and oxygen atoms in total. The lowest BCUT2D eigenvalue weighted by molar-refractivity contribution is 0.102. The maximum absolute atomic E-state index is 12.7. The van der Waals surface area contributed by atoms with E-state index in [1.165, 1.54) is 6.07 Å². The Kier molecular flexibility index (Phi) is 7.33. The van der Waals surface area contributed by atoms with Crippen molar-refractivity contribution in [1.29, 1.82) is 5.26 Å². The van der Waals surface area contributed by atoms with E-state index in [1.807, 2.05) is 26.8 Å². The van der Waals surface area contributed by atoms with Gasteiger partial charge in [-0.05, 0) is 51.1 Å². The summed E-state index contributed by atoms with van der Waals surface area (Å²) in [6, 6.07) is 9.89. The molecule has 0 radical (unpaired) electrons. The third-order valence-electron chi connectivity index (χ3n) is 3.52. The molecule has 0 atom stereocenters. The molecule has 2 rings (SSSR count). The molecule has 2 aromatic rings. The van der Waals surface area contributed by atoms with Crippen LogP contribution < -0.4 is 19.5 Å². The molecular weight excluding hydrogens is 368 g/mol. The van der Waals surface area contributed by atoms with Crippen molar-refractivity contribution in [2.45, 2.75) is 20.8 Å². The molecule has 0 spiro atoms. The first kappa shape index (κ1) is 20.4. The van der Waals surface area contributed by atoms with E-state index >= 15 is 0 Å². The van der Waals surface area contributed by atoms with Crippen molar-refractivity contribution in [2.24, 2.45) is 0 Å². The van der Waals surface area contributed by atoms with Crippen LogP contribution in [0.4, 0.5) is 5.69 Å². The normalized spacial score (nSPS) is 10.0. The van der Waals surface area contributed by atoms with Crippen LogP contribution in [0.15, 0.2) is 30.3 Å². The van der Waals surface area contributed by atoms with E-state index in [1.54, 1.807) is 24.3 Å². The van der Waals surface area contributed by atoms with Crippen LogP contribution in [0, 0.1) is 11.3 Å². The van der Waals surface area contributed by atoms with E-state index in [-0.39, 0.29) is 10.9 Å². The van der Waals surface area contributed by atoms with Gasteiger partial charge in [0.05, 0.1) is 30.4 Å². The number of ether oxygens (including phenoxy) is 3. The third-order valence-corrected chi connectivity index (χ3v) is 3.83. The Morgan fingerprint density at radius 2 is 1.63 bits per heavy atom. The van der Waals surface area contributed by atoms with Gasteiger partial charge in [-0.25, -0.2) is 0 Å². The lowest BCUT2D eigenvalue weighted by atomic mass is 10.1. The summed E-state index contributed by atoms with van der Waals surface area (Å²) in [5, 5.41) is 12.0. The van der Waals surface area contributed by atoms with Crippen LogP contribution >= 0.6 is 11.6 Å². The van der Waals surface area contributed by atoms with Crippen molar-refractivity contribution in [1.82, 2.24) is 0 Å². The zero-order chi connectivity index (χ0) is 19.8. The molecule has 0 aromatic heterocycles. The molecular formula is C20H21ClN2O4. The zero-order valence-corrected chi connectivity index (χ0v) is 16.2. The van der Waals surface area contributed by atoms with Gasteiger partial charge in [-0.2, -0.15) is 5.26 Å². The number of anilines is 1. The maximum atomic E-state index is 12.7. The highest BCUT2D eigenvalue weighted by molar-refractivity contribution is 6.32. The fraction of sp³-hybridized carbons (Fsp3) is 0.300. The van der Waals surface area contributed by atoms with Crippen molar-refractivity contribution >= 4 is 23.2 Å². The highest BCUT2D eigenvalue weighted by Gasteiger charge is 2.18. The molecule has 0 unspecified atom stereocenters. The summed E-state index contributed by atoms with van der Waals surface area (Å²) in [4.78, 5) is 12.7. The van der Waals surface area contributed by atoms with Crippen LogP contribution in [0.25, 0.3) is 0 Å². The topological polar surface area (TPSA) is 80.6 Å². The summed E-state index contributed by atoms with van der Waals surface area (Å²) >= 11 is 6.02. The van der Waals surface area contributed by atoms with Crippen molar-refractivity contribution in [3.8, 4) is 23.3 Å². The number of nitriles is 1. The number of benzene rings is 2. The molecule has 142 valence electrons. The van der Waals surface area contributed by atoms with Crippen LogP contribution in [0.1, 0.15) is 36.7 Å². The lowest BCUT2D eigenvalue weighted by Gasteiger charge is -2.17. The van der Waals surface area contributed by atoms with Gasteiger partial charge in [0.1, 0.15) is 6.07 Å². The standard InChI is InChI=1S/C20H21ClN2O4/c1-4-25-17-9-14(10-18(26-5-2)19(17)27-6-3)20(24)23-15-8-7-13(12-22)16(21)11-15/h7-11H,4-6H2,1-3H3,(H,23,24). The van der Waals surface area contributed by atoms with Gasteiger partial charge in [-0.3, -0.25) is 4.79 Å². The van der Waals surface area contributed by atoms with Gasteiger partial charge in [-0.15, -0.1) is 0 Å². The number of carbonyl (C=O) groups excluding carboxylic acids is 1. The Labute approximate surface area is 163 Å². The lowest BCUT2D eigenvalue weighted by Crippen LogP contribution is -2.13. The molecule has 27 heavy (non-hydrogen) atoms. The van der Waals surface area contributed by atoms with Crippen LogP contribution in [-0.2, 0) is 0 Å². The number of hydrogen-bond acceptors (Lipinski definition) is 5. The van der Waals surface area contributed by atoms with Crippen LogP contribution in [0.5, 0.6) is 17.2 Å². The summed E-state index contributed by atoms with van der Waals surface area (Å²) in [5.41, 5.74) is 1.17. The second-order valence-corrected chi connectivity index (χ2v) is 5.77. The van der Waals surface area contributed by atoms with E-state index in [4.69, 9.17) is 31.1 Å². The van der Waals surface area contributed by atoms with Gasteiger partial charge in [0, 0.05) is 11.3 Å². The Morgan fingerprint density at radius 1 is 1.04 bits per heavy atom. The molecule has 0 aliphatic rings. The monoisotopic (exact) mass is 388 g/mol. The van der Waals surface area contributed by atoms with Crippen molar-refractivity contribution in [3.05, 3.63) is 46.5 Å². The fourth-order valence-electron chi connectivity index (χ4n) is 2.41. The van der Waals surface area contributed by atoms with Crippen molar-refractivity contribution in [3.63, 3.8) is 0 Å². The molecule has 0 saturated carbocycles. The number of rotatable bonds is 8. The minimum absolute atomic E-state index is 0.270. The smallest absolute Gasteiger partial charge is 0.255 e. The minimum Gasteiger partial charge on any atom is -0.490 e. The van der Waals surface area contributed by atoms with Gasteiger partial charge in [0.15, 0.2) is 11.5 Å². The number of hydrogen-bond donors (Lipinski definition) is 1. The van der Waals surface area contributed by atoms with E-state index in [0.717, 1.165) is 0 Å². The molecule has 0 heterocycles. The molecule has 1 amide bonds. The molecule has 0 fully saturated rings. The number of nitrogens with zero attached hydrogens (tertiary/aromatic N) is 1. The summed E-state index contributed by atoms with van der Waals surface area (Å²) in [7, 11) is 0.